The maximum atomic E-state index is 12.8. The van der Waals surface area contributed by atoms with Crippen LogP contribution in [-0.2, 0) is 14.6 Å². The van der Waals surface area contributed by atoms with Crippen molar-refractivity contribution in [3.63, 3.8) is 0 Å². The first-order chi connectivity index (χ1) is 27.8. The van der Waals surface area contributed by atoms with Crippen molar-refractivity contribution in [1.29, 1.82) is 5.26 Å². The predicted molar refractivity (Wildman–Crippen MR) is 232 cm³/mol. The molecule has 5 fully saturated rings. The van der Waals surface area contributed by atoms with E-state index in [1.54, 1.807) is 18.2 Å². The third kappa shape index (κ3) is 6.96. The summed E-state index contributed by atoms with van der Waals surface area (Å²) in [6.45, 7) is 23.1. The number of aliphatic carboxylic acids is 1. The molecule has 2 N–H and O–H groups in total. The molecule has 0 aromatic carbocycles. The molecule has 0 bridgehead atoms. The van der Waals surface area contributed by atoms with Crippen LogP contribution in [0.2, 0.25) is 0 Å². The fourth-order valence-corrected chi connectivity index (χ4v) is 16.6. The quantitative estimate of drug-likeness (QED) is 0.222. The third-order valence-electron chi connectivity index (χ3n) is 18.7. The number of fused-ring (bicyclic) bond motifs is 7. The van der Waals surface area contributed by atoms with Crippen molar-refractivity contribution in [2.45, 2.75) is 124 Å². The number of ether oxygens (including phenoxy) is 1. The van der Waals surface area contributed by atoms with Crippen molar-refractivity contribution in [3.8, 4) is 11.9 Å². The summed E-state index contributed by atoms with van der Waals surface area (Å²) < 4.78 is 30.1. The van der Waals surface area contributed by atoms with E-state index in [0.717, 1.165) is 19.5 Å². The lowest BCUT2D eigenvalue weighted by Crippen LogP contribution is -2.68. The van der Waals surface area contributed by atoms with Gasteiger partial charge < -0.3 is 20.1 Å². The van der Waals surface area contributed by atoms with Crippen molar-refractivity contribution in [2.24, 2.45) is 56.7 Å². The van der Waals surface area contributed by atoms with Gasteiger partial charge in [-0.15, -0.1) is 0 Å². The van der Waals surface area contributed by atoms with Crippen LogP contribution >= 0.6 is 0 Å². The number of nitriles is 1. The van der Waals surface area contributed by atoms with Crippen molar-refractivity contribution < 1.29 is 23.1 Å². The van der Waals surface area contributed by atoms with E-state index in [-0.39, 0.29) is 56.9 Å². The Morgan fingerprint density at radius 1 is 0.983 bits per heavy atom. The molecule has 10 atom stereocenters. The highest BCUT2D eigenvalue weighted by Gasteiger charge is 2.70. The van der Waals surface area contributed by atoms with Gasteiger partial charge in [0.2, 0.25) is 5.88 Å². The van der Waals surface area contributed by atoms with Crippen molar-refractivity contribution >= 4 is 15.8 Å². The Hall–Kier alpha value is -3.00. The fourth-order valence-electron chi connectivity index (χ4n) is 15.3. The van der Waals surface area contributed by atoms with Gasteiger partial charge in [0.05, 0.1) is 11.5 Å². The first kappa shape index (κ1) is 42.7. The van der Waals surface area contributed by atoms with Crippen LogP contribution in [-0.4, -0.2) is 79.2 Å². The molecule has 4 saturated carbocycles. The average molecular weight is 827 g/mol. The zero-order chi connectivity index (χ0) is 42.2. The number of nitrogens with zero attached hydrogens (tertiary/aromatic N) is 3. The maximum Gasteiger partial charge on any atom is 0.313 e. The third-order valence-corrected chi connectivity index (χ3v) is 20.3. The highest BCUT2D eigenvalue weighted by atomic mass is 32.2. The van der Waals surface area contributed by atoms with Gasteiger partial charge >= 0.3 is 5.97 Å². The van der Waals surface area contributed by atoms with Crippen LogP contribution in [0.25, 0.3) is 0 Å². The number of hydrogen-bond donors (Lipinski definition) is 2. The molecule has 6 aliphatic carbocycles. The predicted octanol–water partition coefficient (Wildman–Crippen LogP) is 8.78. The molecule has 1 aromatic rings. The maximum absolute atomic E-state index is 12.8. The van der Waals surface area contributed by atoms with Gasteiger partial charge in [-0.2, -0.15) is 5.26 Å². The molecule has 0 radical (unpaired) electrons. The number of allylic oxidation sites excluding steroid dienone is 5. The van der Waals surface area contributed by atoms with Crippen molar-refractivity contribution in [3.05, 3.63) is 59.3 Å². The van der Waals surface area contributed by atoms with Crippen molar-refractivity contribution in [2.75, 3.05) is 44.3 Å². The lowest BCUT2D eigenvalue weighted by Gasteiger charge is -2.72. The summed E-state index contributed by atoms with van der Waals surface area (Å²) in [7, 11) is -2.88. The molecule has 59 heavy (non-hydrogen) atoms. The first-order valence-electron chi connectivity index (χ1n) is 22.8. The molecule has 7 aliphatic rings. The van der Waals surface area contributed by atoms with Crippen LogP contribution in [0.5, 0.6) is 5.88 Å². The van der Waals surface area contributed by atoms with E-state index in [0.29, 0.717) is 61.9 Å². The van der Waals surface area contributed by atoms with Gasteiger partial charge in [-0.05, 0) is 152 Å². The fraction of sp³-hybridized carbons (Fsp3) is 0.735. The second kappa shape index (κ2) is 15.1. The second-order valence-electron chi connectivity index (χ2n) is 21.6. The molecule has 322 valence electrons. The lowest BCUT2D eigenvalue weighted by atomic mass is 9.33. The normalized spacial score (nSPS) is 41.1. The van der Waals surface area contributed by atoms with Gasteiger partial charge in [-0.3, -0.25) is 4.79 Å². The zero-order valence-corrected chi connectivity index (χ0v) is 37.6. The number of carboxylic acids is 1. The SMILES string of the molecule is C=C(C)[C@@H]1CC[C@]2(NCCN3CCS(=O)(=O)CC3)CC[C@]3(C)[C@H](CCC4[C@@]5(C)CC=C(C6=CCC(COc7cccc(C#N)n7)(C(=O)O)CC6)C(C)(C)C5CC[C@]43C)C12. The van der Waals surface area contributed by atoms with Gasteiger partial charge in [0.15, 0.2) is 9.84 Å². The Labute approximate surface area is 354 Å². The molecule has 2 heterocycles. The van der Waals surface area contributed by atoms with E-state index in [4.69, 9.17) is 4.74 Å². The number of rotatable bonds is 10. The van der Waals surface area contributed by atoms with Gasteiger partial charge in [-0.1, -0.05) is 65.0 Å². The van der Waals surface area contributed by atoms with E-state index in [1.807, 2.05) is 6.07 Å². The summed E-state index contributed by atoms with van der Waals surface area (Å²) in [6.07, 6.45) is 17.4. The van der Waals surface area contributed by atoms with Crippen LogP contribution < -0.4 is 10.1 Å². The summed E-state index contributed by atoms with van der Waals surface area (Å²) in [6, 6.07) is 7.04. The highest BCUT2D eigenvalue weighted by Crippen LogP contribution is 2.76. The molecule has 4 unspecified atom stereocenters. The Morgan fingerprint density at radius 2 is 1.75 bits per heavy atom. The summed E-state index contributed by atoms with van der Waals surface area (Å²) in [5.41, 5.74) is 4.09. The molecule has 0 spiro atoms. The molecule has 1 saturated heterocycles. The standard InChI is InChI=1S/C49H70N4O5S/c1-33(2)36-15-22-49(51-25-26-53-27-29-59(56,57)30-28-53)24-23-46(6)38(42(36)49)11-12-40-45(5)18-16-37(44(3,4)39(45)17-19-47(40,46)7)34-13-20-48(21-14-34,43(54)55)32-58-41-10-8-9-35(31-50)52-41/h8-10,13,16,36,38-40,42,51H,1,11-12,14-15,17-30,32H2,2-7H3,(H,54,55)/t36-,38+,39?,40?,42?,45-,46+,47+,48?,49-/m0/s1. The van der Waals surface area contributed by atoms with Crippen molar-refractivity contribution in [1.82, 2.24) is 15.2 Å². The summed E-state index contributed by atoms with van der Waals surface area (Å²) in [4.78, 5) is 19.3. The number of sulfone groups is 1. The van der Waals surface area contributed by atoms with Gasteiger partial charge in [0.25, 0.3) is 0 Å². The molecule has 0 amide bonds. The van der Waals surface area contributed by atoms with Crippen LogP contribution in [0.1, 0.15) is 124 Å². The minimum Gasteiger partial charge on any atom is -0.481 e. The number of carbonyl (C=O) groups is 1. The minimum atomic E-state index is -2.88. The smallest absolute Gasteiger partial charge is 0.313 e. The molecule has 1 aliphatic heterocycles. The van der Waals surface area contributed by atoms with E-state index in [9.17, 15) is 23.6 Å². The Balaban J connectivity index is 1.00. The van der Waals surface area contributed by atoms with E-state index in [1.165, 1.54) is 68.1 Å². The van der Waals surface area contributed by atoms with Crippen LogP contribution in [0, 0.1) is 68.0 Å². The molecule has 9 nitrogen and oxygen atoms in total. The Kier molecular flexibility index (Phi) is 10.9. The van der Waals surface area contributed by atoms with E-state index in [2.05, 4.69) is 75.5 Å². The zero-order valence-electron chi connectivity index (χ0n) is 36.7. The molecular weight excluding hydrogens is 757 g/mol. The minimum absolute atomic E-state index is 0.0230. The van der Waals surface area contributed by atoms with E-state index < -0.39 is 21.2 Å². The van der Waals surface area contributed by atoms with Gasteiger partial charge in [0, 0.05) is 37.8 Å². The molecular formula is C49H70N4O5S. The van der Waals surface area contributed by atoms with Crippen LogP contribution in [0.4, 0.5) is 0 Å². The largest absolute Gasteiger partial charge is 0.481 e. The van der Waals surface area contributed by atoms with Gasteiger partial charge in [0.1, 0.15) is 23.8 Å². The van der Waals surface area contributed by atoms with Crippen LogP contribution in [0.15, 0.2) is 53.6 Å². The number of nitrogens with one attached hydrogen (secondary N) is 1. The lowest BCUT2D eigenvalue weighted by molar-refractivity contribution is -0.221. The number of aromatic nitrogens is 1. The molecule has 1 aromatic heterocycles. The molecule has 8 rings (SSSR count). The topological polar surface area (TPSA) is 133 Å². The number of carboxylic acid groups (broad SMARTS) is 1. The van der Waals surface area contributed by atoms with Crippen LogP contribution in [0.3, 0.4) is 0 Å². The molecule has 10 heteroatoms. The Bertz CT molecular complexity index is 2060. The highest BCUT2D eigenvalue weighted by molar-refractivity contribution is 7.91. The van der Waals surface area contributed by atoms with Gasteiger partial charge in [-0.25, -0.2) is 13.4 Å². The van der Waals surface area contributed by atoms with E-state index >= 15 is 0 Å². The summed E-state index contributed by atoms with van der Waals surface area (Å²) >= 11 is 0. The summed E-state index contributed by atoms with van der Waals surface area (Å²) in [5, 5.41) is 24.0. The number of pyridine rings is 1. The monoisotopic (exact) mass is 827 g/mol. The number of hydrogen-bond acceptors (Lipinski definition) is 8. The Morgan fingerprint density at radius 3 is 2.42 bits per heavy atom. The average Bonchev–Trinajstić information content (AvgIpc) is 3.58. The summed E-state index contributed by atoms with van der Waals surface area (Å²) in [5.74, 6) is 2.97. The first-order valence-corrected chi connectivity index (χ1v) is 24.6. The second-order valence-corrected chi connectivity index (χ2v) is 23.9.